The summed E-state index contributed by atoms with van der Waals surface area (Å²) in [6.45, 7) is 0.481. The fraction of sp³-hybridized carbons (Fsp3) is 0.133. The molecule has 0 spiro atoms. The molecule has 0 saturated heterocycles. The molecule has 7 heteroatoms. The lowest BCUT2D eigenvalue weighted by Crippen LogP contribution is -2.19. The van der Waals surface area contributed by atoms with Crippen molar-refractivity contribution in [1.82, 2.24) is 14.5 Å². The number of amides is 1. The predicted molar refractivity (Wildman–Crippen MR) is 79.9 cm³/mol. The number of carbonyl (C=O) groups is 1. The molecule has 110 valence electrons. The topological polar surface area (TPSA) is 53.7 Å². The Bertz CT molecular complexity index is 969. The molecule has 1 N–H and O–H groups in total. The van der Waals surface area contributed by atoms with Gasteiger partial charge >= 0.3 is 5.91 Å². The maximum Gasteiger partial charge on any atom is 0.455 e. The summed E-state index contributed by atoms with van der Waals surface area (Å²) in [4.78, 5) is 19.4. The molecule has 0 aliphatic carbocycles. The lowest BCUT2D eigenvalue weighted by Gasteiger charge is -1.93. The Hall–Kier alpha value is -2.47. The van der Waals surface area contributed by atoms with E-state index in [2.05, 4.69) is 9.97 Å². The molecule has 0 fully saturated rings. The highest BCUT2D eigenvalue weighted by molar-refractivity contribution is 6.31. The maximum absolute atomic E-state index is 13.8. The molecule has 0 saturated carbocycles. The molecule has 3 aromatic rings. The van der Waals surface area contributed by atoms with Gasteiger partial charge in [-0.25, -0.2) is 14.2 Å². The van der Waals surface area contributed by atoms with Crippen LogP contribution in [-0.4, -0.2) is 31.2 Å². The molecule has 1 aliphatic heterocycles. The van der Waals surface area contributed by atoms with Crippen LogP contribution >= 0.6 is 11.6 Å². The van der Waals surface area contributed by atoms with Crippen LogP contribution in [0.5, 0.6) is 0 Å². The van der Waals surface area contributed by atoms with E-state index in [1.807, 2.05) is 24.0 Å². The van der Waals surface area contributed by atoms with Crippen molar-refractivity contribution >= 4 is 34.8 Å². The Morgan fingerprint density at radius 1 is 1.45 bits per heavy atom. The van der Waals surface area contributed by atoms with E-state index >= 15 is 0 Å². The zero-order valence-corrected chi connectivity index (χ0v) is 12.4. The van der Waals surface area contributed by atoms with E-state index in [0.717, 1.165) is 11.1 Å². The molecule has 4 rings (SSSR count). The highest BCUT2D eigenvalue weighted by Crippen LogP contribution is 2.22. The first-order valence-electron chi connectivity index (χ1n) is 6.67. The van der Waals surface area contributed by atoms with Crippen molar-refractivity contribution in [3.63, 3.8) is 0 Å². The van der Waals surface area contributed by atoms with Crippen LogP contribution in [0.3, 0.4) is 0 Å². The highest BCUT2D eigenvalue weighted by Gasteiger charge is 2.30. The van der Waals surface area contributed by atoms with Gasteiger partial charge in [0.2, 0.25) is 5.82 Å². The number of halogens is 2. The minimum Gasteiger partial charge on any atom is -0.356 e. The highest BCUT2D eigenvalue weighted by atomic mass is 35.5. The second-order valence-corrected chi connectivity index (χ2v) is 5.77. The van der Waals surface area contributed by atoms with Gasteiger partial charge in [0.15, 0.2) is 18.6 Å². The Morgan fingerprint density at radius 2 is 2.27 bits per heavy atom. The summed E-state index contributed by atoms with van der Waals surface area (Å²) in [6.07, 6.45) is 5.69. The summed E-state index contributed by atoms with van der Waals surface area (Å²) in [5, 5.41) is 0.258. The fourth-order valence-electron chi connectivity index (χ4n) is 2.72. The number of nitrogens with zero attached hydrogens (tertiary/aromatic N) is 3. The van der Waals surface area contributed by atoms with Gasteiger partial charge < -0.3 is 9.55 Å². The first-order valence-corrected chi connectivity index (χ1v) is 7.04. The molecular formula is C15H11ClFN4O+. The van der Waals surface area contributed by atoms with Gasteiger partial charge in [-0.05, 0) is 12.1 Å². The lowest BCUT2D eigenvalue weighted by molar-refractivity contribution is -0.436. The Kier molecular flexibility index (Phi) is 2.71. The number of nitrogens with one attached hydrogen (secondary N) is 1. The average Bonchev–Trinajstić information content (AvgIpc) is 3.09. The van der Waals surface area contributed by atoms with E-state index in [1.165, 1.54) is 6.07 Å². The number of H-pyrrole nitrogens is 1. The summed E-state index contributed by atoms with van der Waals surface area (Å²) in [5.41, 5.74) is 2.60. The fourth-order valence-corrected chi connectivity index (χ4v) is 2.92. The first kappa shape index (κ1) is 13.2. The minimum atomic E-state index is -0.549. The van der Waals surface area contributed by atoms with Gasteiger partial charge in [0.25, 0.3) is 0 Å². The summed E-state index contributed by atoms with van der Waals surface area (Å²) >= 11 is 5.81. The van der Waals surface area contributed by atoms with Crippen LogP contribution in [0, 0.1) is 5.82 Å². The minimum absolute atomic E-state index is 0.0990. The monoisotopic (exact) mass is 317 g/mol. The van der Waals surface area contributed by atoms with Crippen LogP contribution in [-0.2, 0) is 13.6 Å². The smallest absolute Gasteiger partial charge is 0.356 e. The maximum atomic E-state index is 13.8. The molecule has 0 unspecified atom stereocenters. The van der Waals surface area contributed by atoms with Crippen molar-refractivity contribution in [3.8, 4) is 0 Å². The molecule has 2 aromatic heterocycles. The number of hydrogen-bond acceptors (Lipinski definition) is 2. The number of benzene rings is 1. The first-order chi connectivity index (χ1) is 10.5. The van der Waals surface area contributed by atoms with Crippen molar-refractivity contribution in [2.45, 2.75) is 6.54 Å². The summed E-state index contributed by atoms with van der Waals surface area (Å²) in [6, 6.07) is 2.73. The van der Waals surface area contributed by atoms with E-state index in [-0.39, 0.29) is 22.3 Å². The van der Waals surface area contributed by atoms with Gasteiger partial charge in [-0.1, -0.05) is 11.6 Å². The number of imidazole rings is 1. The third kappa shape index (κ3) is 1.95. The van der Waals surface area contributed by atoms with Crippen LogP contribution in [0.4, 0.5) is 4.39 Å². The molecule has 1 aromatic carbocycles. The number of rotatable bonds is 1. The number of hydrogen-bond donors (Lipinski definition) is 1. The van der Waals surface area contributed by atoms with Crippen LogP contribution < -0.4 is 0 Å². The van der Waals surface area contributed by atoms with E-state index in [4.69, 9.17) is 11.6 Å². The number of aryl methyl sites for hydroxylation is 1. The molecule has 1 amide bonds. The van der Waals surface area contributed by atoms with Crippen molar-refractivity contribution < 1.29 is 13.8 Å². The third-order valence-electron chi connectivity index (χ3n) is 3.68. The summed E-state index contributed by atoms with van der Waals surface area (Å²) in [7, 11) is 1.93. The SMILES string of the molecule is Cn1cc2c(c1)C[N+](C(=O)c1nc3c(F)cc(Cl)cc3[nH]1)=C2. The summed E-state index contributed by atoms with van der Waals surface area (Å²) < 4.78 is 17.3. The normalized spacial score (nSPS) is 13.5. The second kappa shape index (κ2) is 4.51. The molecular weight excluding hydrogens is 307 g/mol. The second-order valence-electron chi connectivity index (χ2n) is 5.34. The van der Waals surface area contributed by atoms with Gasteiger partial charge in [-0.15, -0.1) is 0 Å². The van der Waals surface area contributed by atoms with E-state index < -0.39 is 5.82 Å². The van der Waals surface area contributed by atoms with Gasteiger partial charge in [-0.3, -0.25) is 0 Å². The zero-order chi connectivity index (χ0) is 15.4. The van der Waals surface area contributed by atoms with Gasteiger partial charge in [0, 0.05) is 30.0 Å². The summed E-state index contributed by atoms with van der Waals surface area (Å²) in [5.74, 6) is -0.750. The van der Waals surface area contributed by atoms with E-state index in [0.29, 0.717) is 12.1 Å². The quantitative estimate of drug-likeness (QED) is 0.701. The Morgan fingerprint density at radius 3 is 3.05 bits per heavy atom. The number of aromatic amines is 1. The molecule has 1 aliphatic rings. The molecule has 0 bridgehead atoms. The molecule has 22 heavy (non-hydrogen) atoms. The van der Waals surface area contributed by atoms with Gasteiger partial charge in [0.05, 0.1) is 11.1 Å². The van der Waals surface area contributed by atoms with Crippen molar-refractivity contribution in [2.75, 3.05) is 0 Å². The Labute approximate surface area is 129 Å². The van der Waals surface area contributed by atoms with Crippen LogP contribution in [0.2, 0.25) is 5.02 Å². The van der Waals surface area contributed by atoms with Gasteiger partial charge in [0.1, 0.15) is 5.52 Å². The number of aromatic nitrogens is 3. The molecule has 3 heterocycles. The largest absolute Gasteiger partial charge is 0.455 e. The van der Waals surface area contributed by atoms with Crippen molar-refractivity contribution in [3.05, 3.63) is 52.3 Å². The zero-order valence-electron chi connectivity index (χ0n) is 11.6. The van der Waals surface area contributed by atoms with E-state index in [9.17, 15) is 9.18 Å². The van der Waals surface area contributed by atoms with Crippen molar-refractivity contribution in [1.29, 1.82) is 0 Å². The predicted octanol–water partition coefficient (Wildman–Crippen LogP) is 2.48. The standard InChI is InChI=1S/C15H10ClFN4O/c1-20-4-8-6-21(7-9(8)5-20)15(22)14-18-12-3-10(16)2-11(17)13(12)19-14/h2-6H,7H2,1H3/p+1. The Balaban J connectivity index is 1.73. The third-order valence-corrected chi connectivity index (χ3v) is 3.90. The number of fused-ring (bicyclic) bond motifs is 2. The number of carbonyl (C=O) groups excluding carboxylic acids is 1. The average molecular weight is 318 g/mol. The van der Waals surface area contributed by atoms with Crippen LogP contribution in [0.25, 0.3) is 11.0 Å². The molecule has 5 nitrogen and oxygen atoms in total. The molecule has 0 radical (unpaired) electrons. The molecule has 0 atom stereocenters. The van der Waals surface area contributed by atoms with Crippen molar-refractivity contribution in [2.24, 2.45) is 7.05 Å². The lowest BCUT2D eigenvalue weighted by atomic mass is 10.2. The van der Waals surface area contributed by atoms with Crippen LogP contribution in [0.15, 0.2) is 24.5 Å². The van der Waals surface area contributed by atoms with Gasteiger partial charge in [-0.2, -0.15) is 4.58 Å². The van der Waals surface area contributed by atoms with E-state index in [1.54, 1.807) is 16.9 Å². The van der Waals surface area contributed by atoms with Crippen LogP contribution in [0.1, 0.15) is 21.7 Å².